The summed E-state index contributed by atoms with van der Waals surface area (Å²) < 4.78 is -0.425. The van der Waals surface area contributed by atoms with Gasteiger partial charge >= 0.3 is 0 Å². The maximum Gasteiger partial charge on any atom is 0.238 e. The van der Waals surface area contributed by atoms with E-state index in [2.05, 4.69) is 29.8 Å². The Hall–Kier alpha value is -0.0500. The lowest BCUT2D eigenvalue weighted by Gasteiger charge is -2.28. The van der Waals surface area contributed by atoms with E-state index in [1.165, 1.54) is 25.7 Å². The average Bonchev–Trinajstić information content (AvgIpc) is 2.25. The van der Waals surface area contributed by atoms with Crippen molar-refractivity contribution in [2.24, 2.45) is 0 Å². The van der Waals surface area contributed by atoms with Gasteiger partial charge in [0.15, 0.2) is 0 Å². The molecule has 0 spiro atoms. The average molecular weight is 306 g/mol. The summed E-state index contributed by atoms with van der Waals surface area (Å²) in [6.07, 6.45) is 7.07. The van der Waals surface area contributed by atoms with E-state index in [1.54, 1.807) is 0 Å². The molecule has 0 aromatic rings. The standard InChI is InChI=1S/C14H28BrNO/c1-5-7-9-11-16(12-10-8-6-2)13(17)14(3,4)15/h5-12H2,1-4H3. The molecule has 17 heavy (non-hydrogen) atoms. The lowest BCUT2D eigenvalue weighted by molar-refractivity contribution is -0.132. The second-order valence-corrected chi connectivity index (χ2v) is 7.16. The molecule has 0 unspecified atom stereocenters. The molecule has 0 aromatic heterocycles. The minimum Gasteiger partial charge on any atom is -0.342 e. The molecule has 0 aliphatic rings. The molecule has 0 saturated heterocycles. The van der Waals surface area contributed by atoms with Gasteiger partial charge in [-0.1, -0.05) is 55.5 Å². The molecule has 0 saturated carbocycles. The van der Waals surface area contributed by atoms with Crippen molar-refractivity contribution >= 4 is 21.8 Å². The van der Waals surface area contributed by atoms with Crippen LogP contribution in [0, 0.1) is 0 Å². The second-order valence-electron chi connectivity index (χ2n) is 5.18. The summed E-state index contributed by atoms with van der Waals surface area (Å²) in [5.41, 5.74) is 0. The van der Waals surface area contributed by atoms with Crippen molar-refractivity contribution in [3.8, 4) is 0 Å². The van der Waals surface area contributed by atoms with Crippen LogP contribution in [0.4, 0.5) is 0 Å². The quantitative estimate of drug-likeness (QED) is 0.457. The van der Waals surface area contributed by atoms with Crippen molar-refractivity contribution < 1.29 is 4.79 Å². The highest BCUT2D eigenvalue weighted by Crippen LogP contribution is 2.20. The van der Waals surface area contributed by atoms with Crippen LogP contribution in [0.15, 0.2) is 0 Å². The lowest BCUT2D eigenvalue weighted by Crippen LogP contribution is -2.42. The Kier molecular flexibility index (Phi) is 8.93. The molecule has 102 valence electrons. The van der Waals surface area contributed by atoms with E-state index >= 15 is 0 Å². The topological polar surface area (TPSA) is 20.3 Å². The summed E-state index contributed by atoms with van der Waals surface area (Å²) in [5.74, 6) is 0.227. The molecule has 0 aliphatic heterocycles. The summed E-state index contributed by atoms with van der Waals surface area (Å²) in [5, 5.41) is 0. The van der Waals surface area contributed by atoms with E-state index in [9.17, 15) is 4.79 Å². The zero-order chi connectivity index (χ0) is 13.3. The van der Waals surface area contributed by atoms with Crippen LogP contribution >= 0.6 is 15.9 Å². The maximum atomic E-state index is 12.2. The minimum absolute atomic E-state index is 0.227. The van der Waals surface area contributed by atoms with Crippen LogP contribution in [0.2, 0.25) is 0 Å². The Morgan fingerprint density at radius 3 is 1.71 bits per heavy atom. The first kappa shape index (κ1) is 16.9. The van der Waals surface area contributed by atoms with E-state index in [1.807, 2.05) is 18.7 Å². The number of carbonyl (C=O) groups excluding carboxylic acids is 1. The predicted octanol–water partition coefficient (Wildman–Crippen LogP) is 4.37. The number of nitrogens with zero attached hydrogens (tertiary/aromatic N) is 1. The van der Waals surface area contributed by atoms with Crippen LogP contribution in [0.5, 0.6) is 0 Å². The molecule has 0 rings (SSSR count). The van der Waals surface area contributed by atoms with E-state index in [4.69, 9.17) is 0 Å². The largest absolute Gasteiger partial charge is 0.342 e. The number of alkyl halides is 1. The smallest absolute Gasteiger partial charge is 0.238 e. The van der Waals surface area contributed by atoms with Gasteiger partial charge in [0.05, 0.1) is 4.32 Å². The molecule has 0 bridgehead atoms. The molecule has 0 atom stereocenters. The third-order valence-electron chi connectivity index (χ3n) is 2.86. The number of rotatable bonds is 9. The van der Waals surface area contributed by atoms with Gasteiger partial charge in [-0.15, -0.1) is 0 Å². The number of hydrogen-bond donors (Lipinski definition) is 0. The van der Waals surface area contributed by atoms with E-state index < -0.39 is 4.32 Å². The van der Waals surface area contributed by atoms with Gasteiger partial charge in [-0.2, -0.15) is 0 Å². The number of carbonyl (C=O) groups is 1. The Labute approximate surface area is 115 Å². The first-order valence-electron chi connectivity index (χ1n) is 6.91. The van der Waals surface area contributed by atoms with Crippen LogP contribution in [0.25, 0.3) is 0 Å². The minimum atomic E-state index is -0.425. The highest BCUT2D eigenvalue weighted by atomic mass is 79.9. The molecule has 3 heteroatoms. The molecular formula is C14H28BrNO. The molecule has 0 N–H and O–H groups in total. The van der Waals surface area contributed by atoms with Crippen LogP contribution < -0.4 is 0 Å². The summed E-state index contributed by atoms with van der Waals surface area (Å²) >= 11 is 3.47. The maximum absolute atomic E-state index is 12.2. The molecule has 2 nitrogen and oxygen atoms in total. The van der Waals surface area contributed by atoms with Gasteiger partial charge < -0.3 is 4.90 Å². The monoisotopic (exact) mass is 305 g/mol. The van der Waals surface area contributed by atoms with Crippen molar-refractivity contribution in [3.05, 3.63) is 0 Å². The summed E-state index contributed by atoms with van der Waals surface area (Å²) in [7, 11) is 0. The fraction of sp³-hybridized carbons (Fsp3) is 0.929. The number of hydrogen-bond acceptors (Lipinski definition) is 1. The van der Waals surface area contributed by atoms with Gasteiger partial charge in [-0.3, -0.25) is 4.79 Å². The lowest BCUT2D eigenvalue weighted by atomic mass is 10.1. The molecule has 0 radical (unpaired) electrons. The third kappa shape index (κ3) is 7.80. The SMILES string of the molecule is CCCCCN(CCCCC)C(=O)C(C)(C)Br. The van der Waals surface area contributed by atoms with Gasteiger partial charge in [-0.25, -0.2) is 0 Å². The van der Waals surface area contributed by atoms with E-state index in [0.717, 1.165) is 25.9 Å². The molecule has 0 fully saturated rings. The Bertz CT molecular complexity index is 201. The zero-order valence-electron chi connectivity index (χ0n) is 11.9. The van der Waals surface area contributed by atoms with E-state index in [-0.39, 0.29) is 5.91 Å². The highest BCUT2D eigenvalue weighted by Gasteiger charge is 2.28. The van der Waals surface area contributed by atoms with Crippen LogP contribution in [-0.4, -0.2) is 28.2 Å². The van der Waals surface area contributed by atoms with Crippen LogP contribution in [-0.2, 0) is 4.79 Å². The van der Waals surface area contributed by atoms with E-state index in [0.29, 0.717) is 0 Å². The van der Waals surface area contributed by atoms with Crippen molar-refractivity contribution in [1.29, 1.82) is 0 Å². The number of halogens is 1. The molecule has 0 aliphatic carbocycles. The number of amides is 1. The fourth-order valence-electron chi connectivity index (χ4n) is 1.80. The molecule has 0 aromatic carbocycles. The summed E-state index contributed by atoms with van der Waals surface area (Å²) in [4.78, 5) is 14.3. The Morgan fingerprint density at radius 1 is 1.00 bits per heavy atom. The zero-order valence-corrected chi connectivity index (χ0v) is 13.5. The predicted molar refractivity (Wildman–Crippen MR) is 78.6 cm³/mol. The van der Waals surface area contributed by atoms with Gasteiger partial charge in [-0.05, 0) is 26.7 Å². The van der Waals surface area contributed by atoms with Crippen LogP contribution in [0.1, 0.15) is 66.2 Å². The van der Waals surface area contributed by atoms with Gasteiger partial charge in [0.25, 0.3) is 0 Å². The Morgan fingerprint density at radius 2 is 1.41 bits per heavy atom. The van der Waals surface area contributed by atoms with Crippen molar-refractivity contribution in [1.82, 2.24) is 4.90 Å². The van der Waals surface area contributed by atoms with Gasteiger partial charge in [0.2, 0.25) is 5.91 Å². The molecule has 0 heterocycles. The molecule has 1 amide bonds. The molecular weight excluding hydrogens is 278 g/mol. The second kappa shape index (κ2) is 8.96. The Balaban J connectivity index is 4.23. The third-order valence-corrected chi connectivity index (χ3v) is 3.20. The fourth-order valence-corrected chi connectivity index (χ4v) is 2.05. The summed E-state index contributed by atoms with van der Waals surface area (Å²) in [6, 6.07) is 0. The first-order valence-corrected chi connectivity index (χ1v) is 7.71. The van der Waals surface area contributed by atoms with Gasteiger partial charge in [0.1, 0.15) is 0 Å². The van der Waals surface area contributed by atoms with Crippen molar-refractivity contribution in [3.63, 3.8) is 0 Å². The van der Waals surface area contributed by atoms with Crippen LogP contribution in [0.3, 0.4) is 0 Å². The highest BCUT2D eigenvalue weighted by molar-refractivity contribution is 9.10. The summed E-state index contributed by atoms with van der Waals surface area (Å²) in [6.45, 7) is 10.1. The normalized spacial score (nSPS) is 11.6. The van der Waals surface area contributed by atoms with Crippen molar-refractivity contribution in [2.75, 3.05) is 13.1 Å². The number of unbranched alkanes of at least 4 members (excludes halogenated alkanes) is 4. The van der Waals surface area contributed by atoms with Gasteiger partial charge in [0, 0.05) is 13.1 Å². The van der Waals surface area contributed by atoms with Crippen molar-refractivity contribution in [2.45, 2.75) is 70.5 Å². The first-order chi connectivity index (χ1) is 7.93.